The van der Waals surface area contributed by atoms with Crippen LogP contribution in [-0.4, -0.2) is 70.8 Å². The monoisotopic (exact) mass is 320 g/mol. The van der Waals surface area contributed by atoms with Crippen molar-refractivity contribution >= 4 is 11.8 Å². The summed E-state index contributed by atoms with van der Waals surface area (Å²) < 4.78 is 0. The number of carbonyl (C=O) groups excluding carboxylic acids is 2. The highest BCUT2D eigenvalue weighted by atomic mass is 16.3. The Morgan fingerprint density at radius 1 is 0.818 bits per heavy atom. The van der Waals surface area contributed by atoms with Crippen molar-refractivity contribution in [3.8, 4) is 0 Å². The summed E-state index contributed by atoms with van der Waals surface area (Å²) >= 11 is 0. The van der Waals surface area contributed by atoms with Crippen LogP contribution < -0.4 is 10.6 Å². The summed E-state index contributed by atoms with van der Waals surface area (Å²) in [5.74, 6) is -1.30. The van der Waals surface area contributed by atoms with Crippen LogP contribution >= 0.6 is 0 Å². The molecular formula is C14H28N2O6. The van der Waals surface area contributed by atoms with Crippen LogP contribution in [-0.2, 0) is 9.59 Å². The third-order valence-corrected chi connectivity index (χ3v) is 3.52. The molecule has 0 saturated heterocycles. The SMILES string of the molecule is CC(C)(CO)[C@H](O)C(=O)NCCNC(=O)[C@H](O)C(C)(C)CO. The van der Waals surface area contributed by atoms with E-state index in [4.69, 9.17) is 10.2 Å². The molecule has 0 aromatic carbocycles. The summed E-state index contributed by atoms with van der Waals surface area (Å²) in [5.41, 5.74) is -1.93. The van der Waals surface area contributed by atoms with Gasteiger partial charge in [0, 0.05) is 23.9 Å². The van der Waals surface area contributed by atoms with Gasteiger partial charge in [-0.25, -0.2) is 0 Å². The normalized spacial score (nSPS) is 15.1. The third kappa shape index (κ3) is 5.88. The fourth-order valence-corrected chi connectivity index (χ4v) is 1.45. The minimum Gasteiger partial charge on any atom is -0.396 e. The molecule has 2 amide bonds. The Morgan fingerprint density at radius 2 is 1.09 bits per heavy atom. The van der Waals surface area contributed by atoms with Gasteiger partial charge in [-0.2, -0.15) is 0 Å². The Bertz CT molecular complexity index is 348. The van der Waals surface area contributed by atoms with Gasteiger partial charge < -0.3 is 31.1 Å². The van der Waals surface area contributed by atoms with E-state index in [1.54, 1.807) is 27.7 Å². The summed E-state index contributed by atoms with van der Waals surface area (Å²) in [6, 6.07) is 0. The molecule has 0 radical (unpaired) electrons. The van der Waals surface area contributed by atoms with Crippen molar-refractivity contribution in [1.82, 2.24) is 10.6 Å². The van der Waals surface area contributed by atoms with E-state index in [-0.39, 0.29) is 26.3 Å². The first-order valence-corrected chi connectivity index (χ1v) is 7.13. The van der Waals surface area contributed by atoms with Crippen molar-refractivity contribution in [2.75, 3.05) is 26.3 Å². The van der Waals surface area contributed by atoms with E-state index in [1.165, 1.54) is 0 Å². The summed E-state index contributed by atoms with van der Waals surface area (Å²) in [6.45, 7) is 5.63. The Hall–Kier alpha value is -1.22. The van der Waals surface area contributed by atoms with E-state index in [0.29, 0.717) is 0 Å². The topological polar surface area (TPSA) is 139 Å². The first-order chi connectivity index (χ1) is 9.99. The number of amides is 2. The molecule has 0 bridgehead atoms. The molecule has 0 aromatic heterocycles. The standard InChI is InChI=1S/C14H28N2O6/c1-13(2,7-17)9(19)11(21)15-5-6-16-12(22)10(20)14(3,4)8-18/h9-10,17-20H,5-8H2,1-4H3,(H,15,21)(H,16,22)/t9-,10+. The van der Waals surface area contributed by atoms with Crippen LogP contribution in [0.2, 0.25) is 0 Å². The second kappa shape index (κ2) is 8.42. The van der Waals surface area contributed by atoms with Crippen LogP contribution in [0.1, 0.15) is 27.7 Å². The summed E-state index contributed by atoms with van der Waals surface area (Å²) in [5, 5.41) is 42.5. The van der Waals surface area contributed by atoms with Crippen LogP contribution in [0, 0.1) is 10.8 Å². The second-order valence-electron chi connectivity index (χ2n) is 6.68. The lowest BCUT2D eigenvalue weighted by Crippen LogP contribution is -2.49. The maximum atomic E-state index is 11.7. The van der Waals surface area contributed by atoms with Crippen molar-refractivity contribution in [2.24, 2.45) is 10.8 Å². The first kappa shape index (κ1) is 20.8. The van der Waals surface area contributed by atoms with Crippen LogP contribution in [0.4, 0.5) is 0 Å². The van der Waals surface area contributed by atoms with E-state index in [2.05, 4.69) is 10.6 Å². The molecule has 0 spiro atoms. The van der Waals surface area contributed by atoms with Crippen molar-refractivity contribution in [1.29, 1.82) is 0 Å². The van der Waals surface area contributed by atoms with Crippen molar-refractivity contribution in [3.05, 3.63) is 0 Å². The van der Waals surface area contributed by atoms with Crippen LogP contribution in [0.3, 0.4) is 0 Å². The number of carbonyl (C=O) groups is 2. The van der Waals surface area contributed by atoms with Crippen LogP contribution in [0.5, 0.6) is 0 Å². The Balaban J connectivity index is 4.19. The summed E-state index contributed by atoms with van der Waals surface area (Å²) in [7, 11) is 0. The number of rotatable bonds is 9. The largest absolute Gasteiger partial charge is 0.396 e. The van der Waals surface area contributed by atoms with E-state index < -0.39 is 34.9 Å². The number of aliphatic hydroxyl groups excluding tert-OH is 4. The molecule has 2 atom stereocenters. The summed E-state index contributed by atoms with van der Waals surface area (Å²) in [4.78, 5) is 23.3. The zero-order valence-corrected chi connectivity index (χ0v) is 13.6. The molecule has 0 aliphatic carbocycles. The molecule has 22 heavy (non-hydrogen) atoms. The maximum absolute atomic E-state index is 11.7. The second-order valence-corrected chi connectivity index (χ2v) is 6.68. The van der Waals surface area contributed by atoms with E-state index in [9.17, 15) is 19.8 Å². The molecular weight excluding hydrogens is 292 g/mol. The van der Waals surface area contributed by atoms with Gasteiger partial charge in [0.25, 0.3) is 0 Å². The number of hydrogen-bond donors (Lipinski definition) is 6. The molecule has 0 unspecified atom stereocenters. The fourth-order valence-electron chi connectivity index (χ4n) is 1.45. The predicted octanol–water partition coefficient (Wildman–Crippen LogP) is -2.02. The maximum Gasteiger partial charge on any atom is 0.249 e. The average molecular weight is 320 g/mol. The van der Waals surface area contributed by atoms with Crippen molar-refractivity contribution in [2.45, 2.75) is 39.9 Å². The Labute approximate surface area is 130 Å². The van der Waals surface area contributed by atoms with Crippen LogP contribution in [0.25, 0.3) is 0 Å². The van der Waals surface area contributed by atoms with Gasteiger partial charge in [-0.15, -0.1) is 0 Å². The van der Waals surface area contributed by atoms with Gasteiger partial charge in [0.05, 0.1) is 13.2 Å². The van der Waals surface area contributed by atoms with Gasteiger partial charge in [0.2, 0.25) is 11.8 Å². The van der Waals surface area contributed by atoms with Gasteiger partial charge >= 0.3 is 0 Å². The number of nitrogens with one attached hydrogen (secondary N) is 2. The molecule has 6 N–H and O–H groups in total. The average Bonchev–Trinajstić information content (AvgIpc) is 2.49. The molecule has 0 saturated carbocycles. The molecule has 8 heteroatoms. The molecule has 0 aromatic rings. The van der Waals surface area contributed by atoms with Gasteiger partial charge in [0.1, 0.15) is 12.2 Å². The third-order valence-electron chi connectivity index (χ3n) is 3.52. The van der Waals surface area contributed by atoms with Gasteiger partial charge in [-0.05, 0) is 0 Å². The highest BCUT2D eigenvalue weighted by molar-refractivity contribution is 5.82. The quantitative estimate of drug-likeness (QED) is 0.271. The molecule has 0 rings (SSSR count). The van der Waals surface area contributed by atoms with Crippen molar-refractivity contribution < 1.29 is 30.0 Å². The zero-order chi connectivity index (χ0) is 17.6. The van der Waals surface area contributed by atoms with E-state index in [0.717, 1.165) is 0 Å². The van der Waals surface area contributed by atoms with Gasteiger partial charge in [0.15, 0.2) is 0 Å². The predicted molar refractivity (Wildman–Crippen MR) is 79.8 cm³/mol. The van der Waals surface area contributed by atoms with Gasteiger partial charge in [-0.3, -0.25) is 9.59 Å². The molecule has 0 fully saturated rings. The van der Waals surface area contributed by atoms with E-state index in [1.807, 2.05) is 0 Å². The lowest BCUT2D eigenvalue weighted by Gasteiger charge is -2.28. The molecule has 130 valence electrons. The van der Waals surface area contributed by atoms with Crippen molar-refractivity contribution in [3.63, 3.8) is 0 Å². The Morgan fingerprint density at radius 3 is 1.32 bits per heavy atom. The summed E-state index contributed by atoms with van der Waals surface area (Å²) in [6.07, 6.45) is -2.74. The molecule has 8 nitrogen and oxygen atoms in total. The highest BCUT2D eigenvalue weighted by Gasteiger charge is 2.34. The highest BCUT2D eigenvalue weighted by Crippen LogP contribution is 2.20. The minimum absolute atomic E-state index is 0.0649. The number of aliphatic hydroxyl groups is 4. The fraction of sp³-hybridized carbons (Fsp3) is 0.857. The molecule has 0 heterocycles. The molecule has 0 aliphatic rings. The van der Waals surface area contributed by atoms with Crippen LogP contribution in [0.15, 0.2) is 0 Å². The van der Waals surface area contributed by atoms with Gasteiger partial charge in [-0.1, -0.05) is 27.7 Å². The zero-order valence-electron chi connectivity index (χ0n) is 13.6. The first-order valence-electron chi connectivity index (χ1n) is 7.13. The Kier molecular flexibility index (Phi) is 7.96. The lowest BCUT2D eigenvalue weighted by molar-refractivity contribution is -0.138. The lowest BCUT2D eigenvalue weighted by atomic mass is 9.87. The number of hydrogen-bond acceptors (Lipinski definition) is 6. The molecule has 0 aliphatic heterocycles. The minimum atomic E-state index is -1.37. The van der Waals surface area contributed by atoms with E-state index >= 15 is 0 Å². The smallest absolute Gasteiger partial charge is 0.249 e.